The molecule has 1 amide bonds. The van der Waals surface area contributed by atoms with E-state index in [0.29, 0.717) is 17.2 Å². The lowest BCUT2D eigenvalue weighted by atomic mass is 10.1. The van der Waals surface area contributed by atoms with Crippen molar-refractivity contribution >= 4 is 5.91 Å². The van der Waals surface area contributed by atoms with E-state index in [2.05, 4.69) is 20.6 Å². The highest BCUT2D eigenvalue weighted by atomic mass is 16.5. The van der Waals surface area contributed by atoms with Gasteiger partial charge in [0.25, 0.3) is 5.91 Å². The lowest BCUT2D eigenvalue weighted by molar-refractivity contribution is 0.0930. The van der Waals surface area contributed by atoms with Crippen LogP contribution in [-0.2, 0) is 0 Å². The zero-order chi connectivity index (χ0) is 15.2. The monoisotopic (exact) mass is 298 g/mol. The normalized spacial score (nSPS) is 17.7. The molecule has 1 aliphatic rings. The Morgan fingerprint density at radius 1 is 1.36 bits per heavy atom. The van der Waals surface area contributed by atoms with Gasteiger partial charge in [-0.25, -0.2) is 4.98 Å². The average Bonchev–Trinajstić information content (AvgIpc) is 2.57. The number of benzene rings is 1. The Morgan fingerprint density at radius 3 is 3.09 bits per heavy atom. The molecule has 114 valence electrons. The molecule has 2 N–H and O–H groups in total. The second-order valence-corrected chi connectivity index (χ2v) is 5.19. The number of carbonyl (C=O) groups is 1. The van der Waals surface area contributed by atoms with Crippen LogP contribution in [0.3, 0.4) is 0 Å². The van der Waals surface area contributed by atoms with E-state index in [0.717, 1.165) is 25.9 Å². The molecule has 1 atom stereocenters. The largest absolute Gasteiger partial charge is 0.437 e. The molecule has 22 heavy (non-hydrogen) atoms. The van der Waals surface area contributed by atoms with E-state index >= 15 is 0 Å². The number of aromatic nitrogens is 2. The van der Waals surface area contributed by atoms with Gasteiger partial charge in [0.2, 0.25) is 5.88 Å². The number of ether oxygens (including phenoxy) is 1. The number of piperidine rings is 1. The van der Waals surface area contributed by atoms with Gasteiger partial charge >= 0.3 is 0 Å². The minimum Gasteiger partial charge on any atom is -0.437 e. The van der Waals surface area contributed by atoms with Crippen LogP contribution in [0.2, 0.25) is 0 Å². The van der Waals surface area contributed by atoms with Gasteiger partial charge in [0.05, 0.1) is 6.20 Å². The topological polar surface area (TPSA) is 76.1 Å². The molecular weight excluding hydrogens is 280 g/mol. The van der Waals surface area contributed by atoms with Crippen LogP contribution in [0.5, 0.6) is 11.6 Å². The lowest BCUT2D eigenvalue weighted by Crippen LogP contribution is -2.45. The lowest BCUT2D eigenvalue weighted by Gasteiger charge is -2.23. The number of amides is 1. The predicted octanol–water partition coefficient (Wildman–Crippen LogP) is 1.75. The van der Waals surface area contributed by atoms with E-state index in [1.165, 1.54) is 6.20 Å². The Morgan fingerprint density at radius 2 is 2.32 bits per heavy atom. The first-order valence-electron chi connectivity index (χ1n) is 7.37. The SMILES string of the molecule is O=C(NC1CCCNC1)c1cccc(Oc2cnccn2)c1. The quantitative estimate of drug-likeness (QED) is 0.899. The molecule has 0 bridgehead atoms. The fourth-order valence-electron chi connectivity index (χ4n) is 2.40. The van der Waals surface area contributed by atoms with Crippen LogP contribution in [0, 0.1) is 0 Å². The number of hydrogen-bond donors (Lipinski definition) is 2. The van der Waals surface area contributed by atoms with Crippen molar-refractivity contribution in [3.8, 4) is 11.6 Å². The molecule has 1 saturated heterocycles. The summed E-state index contributed by atoms with van der Waals surface area (Å²) >= 11 is 0. The molecule has 2 heterocycles. The van der Waals surface area contributed by atoms with Gasteiger partial charge in [0, 0.05) is 30.5 Å². The van der Waals surface area contributed by atoms with E-state index in [-0.39, 0.29) is 11.9 Å². The number of nitrogens with one attached hydrogen (secondary N) is 2. The van der Waals surface area contributed by atoms with Gasteiger partial charge in [0.15, 0.2) is 0 Å². The summed E-state index contributed by atoms with van der Waals surface area (Å²) in [5.74, 6) is 0.879. The minimum atomic E-state index is -0.0849. The van der Waals surface area contributed by atoms with Gasteiger partial charge in [-0.3, -0.25) is 9.78 Å². The molecule has 0 saturated carbocycles. The smallest absolute Gasteiger partial charge is 0.251 e. The third-order valence-corrected chi connectivity index (χ3v) is 3.49. The summed E-state index contributed by atoms with van der Waals surface area (Å²) in [4.78, 5) is 20.3. The molecule has 6 nitrogen and oxygen atoms in total. The van der Waals surface area contributed by atoms with E-state index in [1.807, 2.05) is 0 Å². The summed E-state index contributed by atoms with van der Waals surface area (Å²) in [5, 5.41) is 6.32. The van der Waals surface area contributed by atoms with Gasteiger partial charge in [0.1, 0.15) is 5.75 Å². The maximum Gasteiger partial charge on any atom is 0.251 e. The fraction of sp³-hybridized carbons (Fsp3) is 0.312. The minimum absolute atomic E-state index is 0.0849. The second-order valence-electron chi connectivity index (χ2n) is 5.19. The molecule has 0 spiro atoms. The number of carbonyl (C=O) groups excluding carboxylic acids is 1. The van der Waals surface area contributed by atoms with Crippen molar-refractivity contribution < 1.29 is 9.53 Å². The first kappa shape index (κ1) is 14.5. The molecule has 0 aliphatic carbocycles. The van der Waals surface area contributed by atoms with Crippen molar-refractivity contribution in [1.82, 2.24) is 20.6 Å². The van der Waals surface area contributed by atoms with Gasteiger partial charge < -0.3 is 15.4 Å². The summed E-state index contributed by atoms with van der Waals surface area (Å²) < 4.78 is 5.59. The van der Waals surface area contributed by atoms with E-state index in [9.17, 15) is 4.79 Å². The number of rotatable bonds is 4. The highest BCUT2D eigenvalue weighted by molar-refractivity contribution is 5.94. The summed E-state index contributed by atoms with van der Waals surface area (Å²) in [7, 11) is 0. The predicted molar refractivity (Wildman–Crippen MR) is 81.9 cm³/mol. The van der Waals surface area contributed by atoms with Crippen LogP contribution in [0.15, 0.2) is 42.9 Å². The Hall–Kier alpha value is -2.47. The Balaban J connectivity index is 1.66. The maximum atomic E-state index is 12.3. The summed E-state index contributed by atoms with van der Waals surface area (Å²) in [6.07, 6.45) is 6.76. The Kier molecular flexibility index (Phi) is 4.60. The Bertz CT molecular complexity index is 627. The summed E-state index contributed by atoms with van der Waals surface area (Å²) in [6, 6.07) is 7.24. The summed E-state index contributed by atoms with van der Waals surface area (Å²) in [6.45, 7) is 1.84. The van der Waals surface area contributed by atoms with Gasteiger partial charge in [-0.05, 0) is 37.6 Å². The highest BCUT2D eigenvalue weighted by Gasteiger charge is 2.16. The third-order valence-electron chi connectivity index (χ3n) is 3.49. The van der Waals surface area contributed by atoms with E-state index < -0.39 is 0 Å². The highest BCUT2D eigenvalue weighted by Crippen LogP contribution is 2.19. The van der Waals surface area contributed by atoms with Crippen LogP contribution in [-0.4, -0.2) is 35.0 Å². The first-order valence-corrected chi connectivity index (χ1v) is 7.37. The van der Waals surface area contributed by atoms with Crippen LogP contribution in [0.4, 0.5) is 0 Å². The molecular formula is C16H18N4O2. The second kappa shape index (κ2) is 7.00. The third kappa shape index (κ3) is 3.79. The molecule has 1 aromatic heterocycles. The van der Waals surface area contributed by atoms with E-state index in [4.69, 9.17) is 4.74 Å². The Labute approximate surface area is 128 Å². The molecule has 1 aromatic carbocycles. The molecule has 1 unspecified atom stereocenters. The zero-order valence-electron chi connectivity index (χ0n) is 12.2. The van der Waals surface area contributed by atoms with Crippen molar-refractivity contribution in [3.63, 3.8) is 0 Å². The van der Waals surface area contributed by atoms with Crippen molar-refractivity contribution in [3.05, 3.63) is 48.4 Å². The first-order chi connectivity index (χ1) is 10.8. The van der Waals surface area contributed by atoms with E-state index in [1.54, 1.807) is 36.7 Å². The standard InChI is InChI=1S/C16H18N4O2/c21-16(20-13-4-2-6-17-10-13)12-3-1-5-14(9-12)22-15-11-18-7-8-19-15/h1,3,5,7-9,11,13,17H,2,4,6,10H2,(H,20,21). The molecule has 0 radical (unpaired) electrons. The molecule has 6 heteroatoms. The van der Waals surface area contributed by atoms with Crippen LogP contribution < -0.4 is 15.4 Å². The van der Waals surface area contributed by atoms with Crippen LogP contribution in [0.25, 0.3) is 0 Å². The van der Waals surface area contributed by atoms with Gasteiger partial charge in [-0.15, -0.1) is 0 Å². The van der Waals surface area contributed by atoms with Crippen molar-refractivity contribution in [2.45, 2.75) is 18.9 Å². The molecule has 1 aliphatic heterocycles. The number of hydrogen-bond acceptors (Lipinski definition) is 5. The van der Waals surface area contributed by atoms with Crippen molar-refractivity contribution in [2.24, 2.45) is 0 Å². The molecule has 2 aromatic rings. The van der Waals surface area contributed by atoms with Crippen molar-refractivity contribution in [1.29, 1.82) is 0 Å². The van der Waals surface area contributed by atoms with Gasteiger partial charge in [-0.2, -0.15) is 0 Å². The van der Waals surface area contributed by atoms with Gasteiger partial charge in [-0.1, -0.05) is 6.07 Å². The molecule has 1 fully saturated rings. The summed E-state index contributed by atoms with van der Waals surface area (Å²) in [5.41, 5.74) is 0.576. The number of nitrogens with zero attached hydrogens (tertiary/aromatic N) is 2. The average molecular weight is 298 g/mol. The molecule has 3 rings (SSSR count). The van der Waals surface area contributed by atoms with Crippen molar-refractivity contribution in [2.75, 3.05) is 13.1 Å². The zero-order valence-corrected chi connectivity index (χ0v) is 12.2. The van der Waals surface area contributed by atoms with Crippen LogP contribution >= 0.6 is 0 Å². The fourth-order valence-corrected chi connectivity index (χ4v) is 2.40. The maximum absolute atomic E-state index is 12.3. The van der Waals surface area contributed by atoms with Crippen LogP contribution in [0.1, 0.15) is 23.2 Å².